The van der Waals surface area contributed by atoms with Crippen molar-refractivity contribution in [3.05, 3.63) is 36.0 Å². The second kappa shape index (κ2) is 5.04. The Morgan fingerprint density at radius 3 is 2.78 bits per heavy atom. The molecule has 0 spiro atoms. The third-order valence-electron chi connectivity index (χ3n) is 3.03. The van der Waals surface area contributed by atoms with Gasteiger partial charge in [0.05, 0.1) is 5.52 Å². The molecule has 1 N–H and O–H groups in total. The van der Waals surface area contributed by atoms with Crippen LogP contribution in [0.5, 0.6) is 0 Å². The molecule has 0 aliphatic heterocycles. The molecule has 0 bridgehead atoms. The van der Waals surface area contributed by atoms with Crippen LogP contribution in [-0.4, -0.2) is 36.4 Å². The van der Waals surface area contributed by atoms with Gasteiger partial charge in [0.15, 0.2) is 0 Å². The highest BCUT2D eigenvalue weighted by Crippen LogP contribution is 2.23. The Morgan fingerprint density at radius 1 is 1.39 bits per heavy atom. The van der Waals surface area contributed by atoms with Crippen molar-refractivity contribution in [3.63, 3.8) is 0 Å². The van der Waals surface area contributed by atoms with Crippen molar-refractivity contribution < 1.29 is 4.79 Å². The third kappa shape index (κ3) is 2.14. The quantitative estimate of drug-likeness (QED) is 0.900. The minimum absolute atomic E-state index is 0.0558. The van der Waals surface area contributed by atoms with Crippen LogP contribution in [0.25, 0.3) is 10.9 Å². The zero-order chi connectivity index (χ0) is 13.1. The maximum atomic E-state index is 12.1. The van der Waals surface area contributed by atoms with Gasteiger partial charge in [0.1, 0.15) is 5.69 Å². The number of hydrogen-bond donors (Lipinski definition) is 1. The molecule has 18 heavy (non-hydrogen) atoms. The van der Waals surface area contributed by atoms with Crippen LogP contribution in [0.4, 0.5) is 5.69 Å². The molecule has 0 radical (unpaired) electrons. The Kier molecular flexibility index (Phi) is 3.46. The summed E-state index contributed by atoms with van der Waals surface area (Å²) >= 11 is 0. The molecular formula is C14H17N3O. The number of aromatic nitrogens is 1. The Bertz CT molecular complexity index is 580. The number of carbonyl (C=O) groups is 1. The number of fused-ring (bicyclic) bond motifs is 1. The summed E-state index contributed by atoms with van der Waals surface area (Å²) in [5.41, 5.74) is 2.23. The van der Waals surface area contributed by atoms with Crippen molar-refractivity contribution in [3.8, 4) is 0 Å². The van der Waals surface area contributed by atoms with Gasteiger partial charge in [-0.1, -0.05) is 18.2 Å². The number of hydrogen-bond acceptors (Lipinski definition) is 3. The van der Waals surface area contributed by atoms with Gasteiger partial charge in [-0.25, -0.2) is 4.98 Å². The number of rotatable bonds is 3. The number of nitrogens with one attached hydrogen (secondary N) is 1. The number of amides is 1. The summed E-state index contributed by atoms with van der Waals surface area (Å²) in [4.78, 5) is 18.2. The van der Waals surface area contributed by atoms with Gasteiger partial charge in [-0.15, -0.1) is 0 Å². The predicted molar refractivity (Wildman–Crippen MR) is 73.9 cm³/mol. The number of carbonyl (C=O) groups excluding carboxylic acids is 1. The highest BCUT2D eigenvalue weighted by Gasteiger charge is 2.14. The Labute approximate surface area is 107 Å². The van der Waals surface area contributed by atoms with E-state index in [2.05, 4.69) is 10.3 Å². The van der Waals surface area contributed by atoms with E-state index in [0.717, 1.165) is 16.6 Å². The van der Waals surface area contributed by atoms with Crippen LogP contribution < -0.4 is 5.32 Å². The van der Waals surface area contributed by atoms with E-state index in [9.17, 15) is 4.79 Å². The molecule has 0 atom stereocenters. The van der Waals surface area contributed by atoms with Crippen LogP contribution >= 0.6 is 0 Å². The molecule has 0 saturated heterocycles. The number of nitrogens with zero attached hydrogens (tertiary/aromatic N) is 2. The van der Waals surface area contributed by atoms with Crippen molar-refractivity contribution in [2.45, 2.75) is 6.92 Å². The minimum atomic E-state index is -0.0558. The van der Waals surface area contributed by atoms with Crippen LogP contribution in [0.3, 0.4) is 0 Å². The van der Waals surface area contributed by atoms with Crippen LogP contribution in [0, 0.1) is 0 Å². The highest BCUT2D eigenvalue weighted by atomic mass is 16.2. The largest absolute Gasteiger partial charge is 0.388 e. The van der Waals surface area contributed by atoms with Gasteiger partial charge in [0.2, 0.25) is 0 Å². The van der Waals surface area contributed by atoms with E-state index < -0.39 is 0 Å². The molecule has 0 aliphatic rings. The first-order chi connectivity index (χ1) is 8.67. The molecule has 0 unspecified atom stereocenters. The highest BCUT2D eigenvalue weighted by molar-refractivity contribution is 5.99. The third-order valence-corrected chi connectivity index (χ3v) is 3.03. The van der Waals surface area contributed by atoms with Gasteiger partial charge in [-0.2, -0.15) is 0 Å². The van der Waals surface area contributed by atoms with Gasteiger partial charge in [-0.05, 0) is 19.1 Å². The van der Waals surface area contributed by atoms with Gasteiger partial charge in [0.25, 0.3) is 5.91 Å². The summed E-state index contributed by atoms with van der Waals surface area (Å²) in [6, 6.07) is 9.60. The molecule has 1 amide bonds. The molecule has 0 saturated carbocycles. The standard InChI is InChI=1S/C14H17N3O/c1-4-17(3)14(18)13-9-12(15-2)10-7-5-6-8-11(10)16-13/h5-9H,4H2,1-3H3,(H,15,16). The normalized spacial score (nSPS) is 10.4. The fourth-order valence-electron chi connectivity index (χ4n) is 1.83. The van der Waals surface area contributed by atoms with Crippen LogP contribution in [0.15, 0.2) is 30.3 Å². The topological polar surface area (TPSA) is 45.2 Å². The Balaban J connectivity index is 2.57. The van der Waals surface area contributed by atoms with E-state index in [1.165, 1.54) is 0 Å². The van der Waals surface area contributed by atoms with E-state index in [1.54, 1.807) is 18.0 Å². The Hall–Kier alpha value is -2.10. The first-order valence-electron chi connectivity index (χ1n) is 6.00. The zero-order valence-corrected chi connectivity index (χ0v) is 10.9. The van der Waals surface area contributed by atoms with E-state index in [4.69, 9.17) is 0 Å². The fraction of sp³-hybridized carbons (Fsp3) is 0.286. The lowest BCUT2D eigenvalue weighted by Crippen LogP contribution is -2.27. The second-order valence-corrected chi connectivity index (χ2v) is 4.14. The smallest absolute Gasteiger partial charge is 0.272 e. The molecule has 94 valence electrons. The molecule has 1 aromatic carbocycles. The molecular weight excluding hydrogens is 226 g/mol. The molecule has 4 heteroatoms. The monoisotopic (exact) mass is 243 g/mol. The molecule has 1 aromatic heterocycles. The summed E-state index contributed by atoms with van der Waals surface area (Å²) in [6.45, 7) is 2.61. The average molecular weight is 243 g/mol. The fourth-order valence-corrected chi connectivity index (χ4v) is 1.83. The summed E-state index contributed by atoms with van der Waals surface area (Å²) in [5, 5.41) is 4.14. The van der Waals surface area contributed by atoms with E-state index in [-0.39, 0.29) is 5.91 Å². The minimum Gasteiger partial charge on any atom is -0.388 e. The maximum absolute atomic E-state index is 12.1. The summed E-state index contributed by atoms with van der Waals surface area (Å²) in [5.74, 6) is -0.0558. The summed E-state index contributed by atoms with van der Waals surface area (Å²) in [6.07, 6.45) is 0. The van der Waals surface area contributed by atoms with Gasteiger partial charge in [0, 0.05) is 31.7 Å². The van der Waals surface area contributed by atoms with Crippen LogP contribution in [0.1, 0.15) is 17.4 Å². The molecule has 4 nitrogen and oxygen atoms in total. The van der Waals surface area contributed by atoms with Crippen molar-refractivity contribution >= 4 is 22.5 Å². The number of anilines is 1. The zero-order valence-electron chi connectivity index (χ0n) is 10.9. The van der Waals surface area contributed by atoms with Crippen molar-refractivity contribution in [2.24, 2.45) is 0 Å². The number of benzene rings is 1. The Morgan fingerprint density at radius 2 is 2.11 bits per heavy atom. The summed E-state index contributed by atoms with van der Waals surface area (Å²) < 4.78 is 0. The van der Waals surface area contributed by atoms with Crippen molar-refractivity contribution in [1.29, 1.82) is 0 Å². The van der Waals surface area contributed by atoms with Crippen LogP contribution in [-0.2, 0) is 0 Å². The lowest BCUT2D eigenvalue weighted by molar-refractivity contribution is 0.0797. The van der Waals surface area contributed by atoms with Crippen molar-refractivity contribution in [2.75, 3.05) is 26.0 Å². The van der Waals surface area contributed by atoms with Gasteiger partial charge < -0.3 is 10.2 Å². The first-order valence-corrected chi connectivity index (χ1v) is 6.00. The molecule has 1 heterocycles. The van der Waals surface area contributed by atoms with Gasteiger partial charge in [-0.3, -0.25) is 4.79 Å². The summed E-state index contributed by atoms with van der Waals surface area (Å²) in [7, 11) is 3.62. The number of pyridine rings is 1. The molecule has 2 aromatic rings. The van der Waals surface area contributed by atoms with Crippen molar-refractivity contribution in [1.82, 2.24) is 9.88 Å². The van der Waals surface area contributed by atoms with Gasteiger partial charge >= 0.3 is 0 Å². The molecule has 0 aliphatic carbocycles. The SMILES string of the molecule is CCN(C)C(=O)c1cc(NC)c2ccccc2n1. The number of para-hydroxylation sites is 1. The second-order valence-electron chi connectivity index (χ2n) is 4.14. The molecule has 2 rings (SSSR count). The predicted octanol–water partition coefficient (Wildman–Crippen LogP) is 2.37. The van der Waals surface area contributed by atoms with E-state index >= 15 is 0 Å². The first kappa shape index (κ1) is 12.4. The molecule has 0 fully saturated rings. The maximum Gasteiger partial charge on any atom is 0.272 e. The van der Waals surface area contributed by atoms with E-state index in [0.29, 0.717) is 12.2 Å². The van der Waals surface area contributed by atoms with E-state index in [1.807, 2.05) is 38.2 Å². The van der Waals surface area contributed by atoms with Crippen LogP contribution in [0.2, 0.25) is 0 Å². The lowest BCUT2D eigenvalue weighted by atomic mass is 10.1. The lowest BCUT2D eigenvalue weighted by Gasteiger charge is -2.15. The average Bonchev–Trinajstić information content (AvgIpc) is 2.44.